The zero-order chi connectivity index (χ0) is 14.5. The Kier molecular flexibility index (Phi) is 4.42. The van der Waals surface area contributed by atoms with Crippen LogP contribution in [0.4, 0.5) is 4.79 Å². The highest BCUT2D eigenvalue weighted by atomic mass is 16.5. The van der Waals surface area contributed by atoms with Crippen molar-refractivity contribution in [3.8, 4) is 11.8 Å². The third-order valence-corrected chi connectivity index (χ3v) is 3.93. The van der Waals surface area contributed by atoms with Crippen molar-refractivity contribution in [2.45, 2.75) is 18.9 Å². The monoisotopic (exact) mass is 284 g/mol. The Morgan fingerprint density at radius 3 is 2.90 bits per heavy atom. The number of ether oxygens (including phenoxy) is 1. The van der Waals surface area contributed by atoms with Gasteiger partial charge in [-0.2, -0.15) is 0 Å². The Hall–Kier alpha value is -1.99. The molecule has 4 heteroatoms. The summed E-state index contributed by atoms with van der Waals surface area (Å²) in [5.74, 6) is 6.66. The van der Waals surface area contributed by atoms with Crippen LogP contribution in [0.25, 0.3) is 0 Å². The second kappa shape index (κ2) is 6.64. The number of urea groups is 1. The molecule has 1 saturated heterocycles. The number of rotatable bonds is 2. The Bertz CT molecular complexity index is 543. The predicted octanol–water partition coefficient (Wildman–Crippen LogP) is 1.86. The van der Waals surface area contributed by atoms with Crippen LogP contribution >= 0.6 is 0 Å². The summed E-state index contributed by atoms with van der Waals surface area (Å²) in [6.45, 7) is 2.36. The van der Waals surface area contributed by atoms with Crippen molar-refractivity contribution in [2.24, 2.45) is 5.92 Å². The van der Waals surface area contributed by atoms with E-state index >= 15 is 0 Å². The molecule has 1 N–H and O–H groups in total. The van der Waals surface area contributed by atoms with E-state index in [-0.39, 0.29) is 12.1 Å². The lowest BCUT2D eigenvalue weighted by atomic mass is 10.1. The second-order valence-electron chi connectivity index (χ2n) is 5.50. The van der Waals surface area contributed by atoms with Gasteiger partial charge in [-0.3, -0.25) is 0 Å². The highest BCUT2D eigenvalue weighted by molar-refractivity contribution is 5.75. The van der Waals surface area contributed by atoms with Gasteiger partial charge in [0.05, 0.1) is 25.8 Å². The first-order chi connectivity index (χ1) is 10.3. The van der Waals surface area contributed by atoms with E-state index < -0.39 is 0 Å². The van der Waals surface area contributed by atoms with E-state index in [4.69, 9.17) is 4.74 Å². The quantitative estimate of drug-likeness (QED) is 0.842. The number of benzene rings is 1. The summed E-state index contributed by atoms with van der Waals surface area (Å²) in [6.07, 6.45) is 2.43. The zero-order valence-corrected chi connectivity index (χ0v) is 12.0. The van der Waals surface area contributed by atoms with Gasteiger partial charge in [0.25, 0.3) is 0 Å². The van der Waals surface area contributed by atoms with Crippen LogP contribution in [0.2, 0.25) is 0 Å². The average molecular weight is 284 g/mol. The fraction of sp³-hybridized carbons (Fsp3) is 0.471. The van der Waals surface area contributed by atoms with Crippen LogP contribution in [0.15, 0.2) is 30.3 Å². The van der Waals surface area contributed by atoms with Gasteiger partial charge in [0.15, 0.2) is 0 Å². The van der Waals surface area contributed by atoms with E-state index in [0.29, 0.717) is 32.2 Å². The average Bonchev–Trinajstić information content (AvgIpc) is 3.37. The number of morpholine rings is 1. The van der Waals surface area contributed by atoms with Gasteiger partial charge in [0.1, 0.15) is 0 Å². The molecule has 21 heavy (non-hydrogen) atoms. The molecule has 1 heterocycles. The molecule has 0 bridgehead atoms. The van der Waals surface area contributed by atoms with Gasteiger partial charge >= 0.3 is 6.03 Å². The molecule has 4 nitrogen and oxygen atoms in total. The van der Waals surface area contributed by atoms with Crippen molar-refractivity contribution < 1.29 is 9.53 Å². The molecule has 110 valence electrons. The van der Waals surface area contributed by atoms with Crippen molar-refractivity contribution in [1.29, 1.82) is 0 Å². The van der Waals surface area contributed by atoms with Gasteiger partial charge in [0.2, 0.25) is 0 Å². The molecular formula is C17H20N2O2. The molecular weight excluding hydrogens is 264 g/mol. The van der Waals surface area contributed by atoms with Gasteiger partial charge < -0.3 is 15.0 Å². The number of amides is 2. The number of carbonyl (C=O) groups is 1. The summed E-state index contributed by atoms with van der Waals surface area (Å²) in [6, 6.07) is 10.0. The molecule has 1 aromatic rings. The Morgan fingerprint density at radius 1 is 1.33 bits per heavy atom. The van der Waals surface area contributed by atoms with Gasteiger partial charge in [-0.25, -0.2) is 4.79 Å². The summed E-state index contributed by atoms with van der Waals surface area (Å²) < 4.78 is 5.50. The molecule has 1 saturated carbocycles. The lowest BCUT2D eigenvalue weighted by molar-refractivity contribution is 0.00494. The fourth-order valence-electron chi connectivity index (χ4n) is 2.64. The minimum atomic E-state index is -0.0161. The smallest absolute Gasteiger partial charge is 0.318 e. The first kappa shape index (κ1) is 14.0. The van der Waals surface area contributed by atoms with Crippen molar-refractivity contribution in [3.05, 3.63) is 35.9 Å². The zero-order valence-electron chi connectivity index (χ0n) is 12.0. The normalized spacial score (nSPS) is 21.3. The van der Waals surface area contributed by atoms with Gasteiger partial charge in [-0.1, -0.05) is 30.0 Å². The third-order valence-electron chi connectivity index (χ3n) is 3.93. The summed E-state index contributed by atoms with van der Waals surface area (Å²) in [4.78, 5) is 14.2. The summed E-state index contributed by atoms with van der Waals surface area (Å²) in [5.41, 5.74) is 0.967. The molecule has 1 aliphatic heterocycles. The van der Waals surface area contributed by atoms with Crippen LogP contribution < -0.4 is 5.32 Å². The lowest BCUT2D eigenvalue weighted by Crippen LogP contribution is -2.53. The van der Waals surface area contributed by atoms with Crippen LogP contribution in [-0.2, 0) is 4.74 Å². The first-order valence-corrected chi connectivity index (χ1v) is 7.51. The van der Waals surface area contributed by atoms with Crippen molar-refractivity contribution in [1.82, 2.24) is 10.2 Å². The van der Waals surface area contributed by atoms with Crippen LogP contribution in [0.5, 0.6) is 0 Å². The van der Waals surface area contributed by atoms with E-state index in [2.05, 4.69) is 17.2 Å². The summed E-state index contributed by atoms with van der Waals surface area (Å²) in [7, 11) is 0. The summed E-state index contributed by atoms with van der Waals surface area (Å²) in [5, 5.41) is 2.89. The highest BCUT2D eigenvalue weighted by Gasteiger charge is 2.39. The van der Waals surface area contributed by atoms with Crippen LogP contribution in [0.3, 0.4) is 0 Å². The number of hydrogen-bond donors (Lipinski definition) is 1. The largest absolute Gasteiger partial charge is 0.377 e. The molecule has 2 amide bonds. The van der Waals surface area contributed by atoms with Crippen LogP contribution in [0.1, 0.15) is 18.4 Å². The molecule has 0 spiro atoms. The topological polar surface area (TPSA) is 41.6 Å². The predicted molar refractivity (Wildman–Crippen MR) is 80.8 cm³/mol. The maximum Gasteiger partial charge on any atom is 0.318 e. The SMILES string of the molecule is O=C(NCC#Cc1ccccc1)N1CCOCC1C1CC1. The van der Waals surface area contributed by atoms with Crippen LogP contribution in [0, 0.1) is 17.8 Å². The van der Waals surface area contributed by atoms with E-state index in [0.717, 1.165) is 5.56 Å². The first-order valence-electron chi connectivity index (χ1n) is 7.51. The fourth-order valence-corrected chi connectivity index (χ4v) is 2.64. The second-order valence-corrected chi connectivity index (χ2v) is 5.50. The number of nitrogens with zero attached hydrogens (tertiary/aromatic N) is 1. The molecule has 1 aliphatic carbocycles. The number of hydrogen-bond acceptors (Lipinski definition) is 2. The lowest BCUT2D eigenvalue weighted by Gasteiger charge is -2.35. The van der Waals surface area contributed by atoms with Gasteiger partial charge in [0, 0.05) is 12.1 Å². The standard InChI is InChI=1S/C17H20N2O2/c20-17(18-10-4-7-14-5-2-1-3-6-14)19-11-12-21-13-16(19)15-8-9-15/h1-3,5-6,15-16H,8-13H2,(H,18,20). The maximum absolute atomic E-state index is 12.2. The molecule has 3 rings (SSSR count). The minimum absolute atomic E-state index is 0.0161. The highest BCUT2D eigenvalue weighted by Crippen LogP contribution is 2.36. The Morgan fingerprint density at radius 2 is 2.14 bits per heavy atom. The molecule has 0 radical (unpaired) electrons. The van der Waals surface area contributed by atoms with E-state index in [9.17, 15) is 4.79 Å². The number of carbonyl (C=O) groups excluding carboxylic acids is 1. The Labute approximate surface area is 125 Å². The van der Waals surface area contributed by atoms with Crippen molar-refractivity contribution in [2.75, 3.05) is 26.3 Å². The molecule has 1 atom stereocenters. The maximum atomic E-state index is 12.2. The third kappa shape index (κ3) is 3.77. The molecule has 1 unspecified atom stereocenters. The van der Waals surface area contributed by atoms with Crippen LogP contribution in [-0.4, -0.2) is 43.3 Å². The van der Waals surface area contributed by atoms with Gasteiger partial charge in [-0.15, -0.1) is 0 Å². The summed E-state index contributed by atoms with van der Waals surface area (Å²) >= 11 is 0. The Balaban J connectivity index is 1.50. The molecule has 2 aliphatic rings. The van der Waals surface area contributed by atoms with E-state index in [1.807, 2.05) is 35.2 Å². The van der Waals surface area contributed by atoms with Gasteiger partial charge in [-0.05, 0) is 30.9 Å². The minimum Gasteiger partial charge on any atom is -0.377 e. The molecule has 2 fully saturated rings. The van der Waals surface area contributed by atoms with Crippen molar-refractivity contribution >= 4 is 6.03 Å². The molecule has 1 aromatic carbocycles. The number of nitrogens with one attached hydrogen (secondary N) is 1. The molecule has 0 aromatic heterocycles. The van der Waals surface area contributed by atoms with E-state index in [1.54, 1.807) is 0 Å². The van der Waals surface area contributed by atoms with Crippen molar-refractivity contribution in [3.63, 3.8) is 0 Å². The van der Waals surface area contributed by atoms with E-state index in [1.165, 1.54) is 12.8 Å².